The molecule has 0 radical (unpaired) electrons. The lowest BCUT2D eigenvalue weighted by Gasteiger charge is -2.30. The molecular weight excluding hydrogens is 376 g/mol. The third-order valence-corrected chi connectivity index (χ3v) is 6.09. The Morgan fingerprint density at radius 3 is 2.32 bits per heavy atom. The van der Waals surface area contributed by atoms with Crippen molar-refractivity contribution in [1.82, 2.24) is 4.90 Å². The third kappa shape index (κ3) is 5.47. The van der Waals surface area contributed by atoms with Crippen LogP contribution in [0.3, 0.4) is 0 Å². The number of ether oxygens (including phenoxy) is 2. The molecule has 2 N–H and O–H groups in total. The molecule has 0 aliphatic carbocycles. The lowest BCUT2D eigenvalue weighted by atomic mass is 10.0. The topological polar surface area (TPSA) is 81.9 Å². The van der Waals surface area contributed by atoms with Crippen LogP contribution in [0.25, 0.3) is 0 Å². The number of sulfonamides is 1. The molecule has 1 aliphatic heterocycles. The predicted molar refractivity (Wildman–Crippen MR) is 109 cm³/mol. The van der Waals surface area contributed by atoms with E-state index in [4.69, 9.17) is 14.6 Å². The van der Waals surface area contributed by atoms with Gasteiger partial charge in [-0.3, -0.25) is 4.90 Å². The second-order valence-electron chi connectivity index (χ2n) is 7.04. The molecule has 1 fully saturated rings. The number of benzene rings is 2. The van der Waals surface area contributed by atoms with Gasteiger partial charge in [0.15, 0.2) is 0 Å². The van der Waals surface area contributed by atoms with Crippen LogP contribution >= 0.6 is 0 Å². The van der Waals surface area contributed by atoms with E-state index in [9.17, 15) is 8.42 Å². The quantitative estimate of drug-likeness (QED) is 0.765. The Morgan fingerprint density at radius 1 is 1.00 bits per heavy atom. The first-order valence-electron chi connectivity index (χ1n) is 9.61. The van der Waals surface area contributed by atoms with Gasteiger partial charge in [0.2, 0.25) is 10.0 Å². The second kappa shape index (κ2) is 9.41. The normalized spacial score (nSPS) is 18.4. The van der Waals surface area contributed by atoms with E-state index >= 15 is 0 Å². The molecular formula is C21H28N2O4S. The number of hydrogen-bond donors (Lipinski definition) is 1. The maximum Gasteiger partial charge on any atom is 0.238 e. The highest BCUT2D eigenvalue weighted by Crippen LogP contribution is 2.31. The first kappa shape index (κ1) is 20.6. The third-order valence-electron chi connectivity index (χ3n) is 5.16. The minimum atomic E-state index is -3.68. The van der Waals surface area contributed by atoms with E-state index in [2.05, 4.69) is 17.0 Å². The molecule has 1 atom stereocenters. The summed E-state index contributed by atoms with van der Waals surface area (Å²) in [4.78, 5) is 2.57. The SMILES string of the molecule is COc1ccc(C2CCCCCN2CCOc2ccc(S(N)(=O)=O)cc2)cc1. The van der Waals surface area contributed by atoms with E-state index in [0.717, 1.165) is 25.3 Å². The van der Waals surface area contributed by atoms with Gasteiger partial charge in [-0.15, -0.1) is 0 Å². The Kier molecular flexibility index (Phi) is 6.93. The van der Waals surface area contributed by atoms with Crippen molar-refractivity contribution in [1.29, 1.82) is 0 Å². The van der Waals surface area contributed by atoms with Gasteiger partial charge in [-0.1, -0.05) is 25.0 Å². The highest BCUT2D eigenvalue weighted by atomic mass is 32.2. The molecule has 0 aromatic heterocycles. The van der Waals surface area contributed by atoms with Crippen molar-refractivity contribution < 1.29 is 17.9 Å². The highest BCUT2D eigenvalue weighted by Gasteiger charge is 2.22. The van der Waals surface area contributed by atoms with Gasteiger partial charge in [0.1, 0.15) is 18.1 Å². The van der Waals surface area contributed by atoms with Crippen LogP contribution in [0.2, 0.25) is 0 Å². The molecule has 0 amide bonds. The molecule has 3 rings (SSSR count). The van der Waals surface area contributed by atoms with Gasteiger partial charge in [-0.25, -0.2) is 13.6 Å². The van der Waals surface area contributed by atoms with E-state index in [1.54, 1.807) is 19.2 Å². The monoisotopic (exact) mass is 404 g/mol. The van der Waals surface area contributed by atoms with Crippen LogP contribution in [-0.4, -0.2) is 40.1 Å². The fourth-order valence-electron chi connectivity index (χ4n) is 3.65. The van der Waals surface area contributed by atoms with Crippen LogP contribution < -0.4 is 14.6 Å². The number of primary sulfonamides is 1. The number of rotatable bonds is 7. The summed E-state index contributed by atoms with van der Waals surface area (Å²) in [7, 11) is -2.00. The molecule has 1 aliphatic rings. The fourth-order valence-corrected chi connectivity index (χ4v) is 4.16. The minimum absolute atomic E-state index is 0.0898. The first-order valence-corrected chi connectivity index (χ1v) is 11.2. The molecule has 0 saturated carbocycles. The van der Waals surface area contributed by atoms with Crippen molar-refractivity contribution >= 4 is 10.0 Å². The van der Waals surface area contributed by atoms with Crippen LogP contribution in [0.4, 0.5) is 0 Å². The van der Waals surface area contributed by atoms with E-state index < -0.39 is 10.0 Å². The van der Waals surface area contributed by atoms with E-state index in [1.165, 1.54) is 37.0 Å². The van der Waals surface area contributed by atoms with E-state index in [-0.39, 0.29) is 4.90 Å². The van der Waals surface area contributed by atoms with Crippen LogP contribution in [0.5, 0.6) is 11.5 Å². The van der Waals surface area contributed by atoms with Gasteiger partial charge in [0.25, 0.3) is 0 Å². The van der Waals surface area contributed by atoms with Crippen molar-refractivity contribution in [3.63, 3.8) is 0 Å². The molecule has 0 spiro atoms. The summed E-state index contributed by atoms with van der Waals surface area (Å²) in [6.07, 6.45) is 4.80. The van der Waals surface area contributed by atoms with Crippen molar-refractivity contribution in [2.45, 2.75) is 36.6 Å². The molecule has 0 bridgehead atoms. The summed E-state index contributed by atoms with van der Waals surface area (Å²) in [5.41, 5.74) is 1.31. The Hall–Kier alpha value is -2.09. The number of methoxy groups -OCH3 is 1. The maximum atomic E-state index is 11.3. The molecule has 1 saturated heterocycles. The van der Waals surface area contributed by atoms with Crippen LogP contribution in [0.1, 0.15) is 37.3 Å². The summed E-state index contributed by atoms with van der Waals surface area (Å²) in [6.45, 7) is 2.40. The maximum absolute atomic E-state index is 11.3. The van der Waals surface area contributed by atoms with Gasteiger partial charge in [-0.05, 0) is 61.3 Å². The lowest BCUT2D eigenvalue weighted by molar-refractivity contribution is 0.162. The van der Waals surface area contributed by atoms with Crippen molar-refractivity contribution in [2.24, 2.45) is 5.14 Å². The average molecular weight is 405 g/mol. The van der Waals surface area contributed by atoms with Crippen molar-refractivity contribution in [2.75, 3.05) is 26.8 Å². The number of nitrogens with zero attached hydrogens (tertiary/aromatic N) is 1. The fraction of sp³-hybridized carbons (Fsp3) is 0.429. The van der Waals surface area contributed by atoms with Gasteiger partial charge in [0, 0.05) is 12.6 Å². The van der Waals surface area contributed by atoms with Gasteiger partial charge in [-0.2, -0.15) is 0 Å². The Labute approximate surface area is 167 Å². The van der Waals surface area contributed by atoms with E-state index in [0.29, 0.717) is 18.4 Å². The molecule has 6 nitrogen and oxygen atoms in total. The zero-order chi connectivity index (χ0) is 20.0. The Balaban J connectivity index is 1.61. The molecule has 152 valence electrons. The zero-order valence-corrected chi connectivity index (χ0v) is 17.0. The largest absolute Gasteiger partial charge is 0.497 e. The van der Waals surface area contributed by atoms with Crippen LogP contribution in [-0.2, 0) is 10.0 Å². The van der Waals surface area contributed by atoms with Crippen LogP contribution in [0.15, 0.2) is 53.4 Å². The van der Waals surface area contributed by atoms with Crippen molar-refractivity contribution in [3.05, 3.63) is 54.1 Å². The first-order chi connectivity index (χ1) is 13.5. The second-order valence-corrected chi connectivity index (χ2v) is 8.60. The highest BCUT2D eigenvalue weighted by molar-refractivity contribution is 7.89. The van der Waals surface area contributed by atoms with Gasteiger partial charge < -0.3 is 9.47 Å². The molecule has 2 aromatic carbocycles. The summed E-state index contributed by atoms with van der Waals surface area (Å²) in [5.74, 6) is 1.51. The summed E-state index contributed by atoms with van der Waals surface area (Å²) in [5, 5.41) is 5.12. The number of nitrogens with two attached hydrogens (primary N) is 1. The zero-order valence-electron chi connectivity index (χ0n) is 16.2. The number of likely N-dealkylation sites (tertiary alicyclic amines) is 1. The Morgan fingerprint density at radius 2 is 1.68 bits per heavy atom. The molecule has 1 heterocycles. The molecule has 7 heteroatoms. The summed E-state index contributed by atoms with van der Waals surface area (Å²) < 4.78 is 33.8. The summed E-state index contributed by atoms with van der Waals surface area (Å²) >= 11 is 0. The van der Waals surface area contributed by atoms with Gasteiger partial charge in [0.05, 0.1) is 12.0 Å². The van der Waals surface area contributed by atoms with E-state index in [1.807, 2.05) is 12.1 Å². The minimum Gasteiger partial charge on any atom is -0.497 e. The molecule has 1 unspecified atom stereocenters. The predicted octanol–water partition coefficient (Wildman–Crippen LogP) is 3.34. The summed E-state index contributed by atoms with van der Waals surface area (Å²) in [6, 6.07) is 14.9. The van der Waals surface area contributed by atoms with Crippen molar-refractivity contribution in [3.8, 4) is 11.5 Å². The smallest absolute Gasteiger partial charge is 0.238 e. The van der Waals surface area contributed by atoms with Gasteiger partial charge >= 0.3 is 0 Å². The lowest BCUT2D eigenvalue weighted by Crippen LogP contribution is -2.32. The average Bonchev–Trinajstić information content (AvgIpc) is 2.93. The molecule has 28 heavy (non-hydrogen) atoms. The standard InChI is InChI=1S/C21H28N2O4S/c1-26-18-8-6-17(7-9-18)21-5-3-2-4-14-23(21)15-16-27-19-10-12-20(13-11-19)28(22,24)25/h6-13,21H,2-5,14-16H2,1H3,(H2,22,24,25). The molecule has 2 aromatic rings. The van der Waals surface area contributed by atoms with Crippen LogP contribution in [0, 0.1) is 0 Å². The Bertz CT molecular complexity index is 851. The number of hydrogen-bond acceptors (Lipinski definition) is 5.